The Morgan fingerprint density at radius 1 is 0.719 bits per heavy atom. The highest BCUT2D eigenvalue weighted by Gasteiger charge is 2.47. The van der Waals surface area contributed by atoms with Crippen LogP contribution in [0.15, 0.2) is 24.3 Å². The predicted octanol–water partition coefficient (Wildman–Crippen LogP) is 2.46. The van der Waals surface area contributed by atoms with E-state index in [1.54, 1.807) is 24.3 Å². The maximum Gasteiger partial charge on any atom is 0.203 e. The molecule has 9 heteroatoms. The summed E-state index contributed by atoms with van der Waals surface area (Å²) in [6.07, 6.45) is -1.22. The zero-order chi connectivity index (χ0) is 23.4. The summed E-state index contributed by atoms with van der Waals surface area (Å²) in [4.78, 5) is 0. The van der Waals surface area contributed by atoms with Gasteiger partial charge in [-0.25, -0.2) is 0 Å². The molecule has 9 nitrogen and oxygen atoms in total. The van der Waals surface area contributed by atoms with E-state index < -0.39 is 24.0 Å². The number of hydrogen-bond donors (Lipinski definition) is 3. The Morgan fingerprint density at radius 2 is 1.25 bits per heavy atom. The van der Waals surface area contributed by atoms with Gasteiger partial charge in [-0.3, -0.25) is 0 Å². The summed E-state index contributed by atoms with van der Waals surface area (Å²) < 4.78 is 33.4. The largest absolute Gasteiger partial charge is 0.502 e. The Kier molecular flexibility index (Phi) is 7.55. The Balaban J connectivity index is 2.11. The highest BCUT2D eigenvalue weighted by atomic mass is 16.5. The molecule has 1 heterocycles. The molecule has 2 aromatic rings. The van der Waals surface area contributed by atoms with Crippen LogP contribution in [-0.2, 0) is 4.74 Å². The highest BCUT2D eigenvalue weighted by molar-refractivity contribution is 5.57. The van der Waals surface area contributed by atoms with Gasteiger partial charge in [-0.1, -0.05) is 0 Å². The smallest absolute Gasteiger partial charge is 0.203 e. The molecule has 0 aliphatic carbocycles. The van der Waals surface area contributed by atoms with E-state index in [0.29, 0.717) is 28.4 Å². The Labute approximate surface area is 187 Å². The second-order valence-corrected chi connectivity index (χ2v) is 7.37. The minimum absolute atomic E-state index is 0.130. The lowest BCUT2D eigenvalue weighted by molar-refractivity contribution is 0.0169. The summed E-state index contributed by atoms with van der Waals surface area (Å²) in [7, 11) is 7.43. The Morgan fingerprint density at radius 3 is 1.72 bits per heavy atom. The van der Waals surface area contributed by atoms with Crippen LogP contribution in [0.2, 0.25) is 0 Å². The third-order valence-corrected chi connectivity index (χ3v) is 5.91. The van der Waals surface area contributed by atoms with Crippen LogP contribution in [0, 0.1) is 11.8 Å². The highest BCUT2D eigenvalue weighted by Crippen LogP contribution is 2.54. The van der Waals surface area contributed by atoms with E-state index in [2.05, 4.69) is 0 Å². The molecule has 1 fully saturated rings. The lowest BCUT2D eigenvalue weighted by atomic mass is 9.83. The molecule has 0 saturated carbocycles. The summed E-state index contributed by atoms with van der Waals surface area (Å²) >= 11 is 0. The monoisotopic (exact) mass is 450 g/mol. The van der Waals surface area contributed by atoms with E-state index in [1.165, 1.54) is 35.5 Å². The quantitative estimate of drug-likeness (QED) is 0.530. The van der Waals surface area contributed by atoms with Crippen LogP contribution in [0.5, 0.6) is 34.5 Å². The number of benzene rings is 2. The molecule has 3 rings (SSSR count). The van der Waals surface area contributed by atoms with E-state index in [0.717, 1.165) is 0 Å². The zero-order valence-corrected chi connectivity index (χ0v) is 18.8. The minimum atomic E-state index is -0.609. The molecule has 0 amide bonds. The van der Waals surface area contributed by atoms with Gasteiger partial charge in [0.2, 0.25) is 11.5 Å². The number of aliphatic hydroxyl groups is 2. The van der Waals surface area contributed by atoms with E-state index in [4.69, 9.17) is 28.4 Å². The number of phenols is 1. The van der Waals surface area contributed by atoms with Gasteiger partial charge >= 0.3 is 0 Å². The van der Waals surface area contributed by atoms with Crippen molar-refractivity contribution in [1.82, 2.24) is 0 Å². The summed E-state index contributed by atoms with van der Waals surface area (Å²) in [5.41, 5.74) is 1.29. The fourth-order valence-corrected chi connectivity index (χ4v) is 4.33. The number of methoxy groups -OCH3 is 5. The average molecular weight is 450 g/mol. The van der Waals surface area contributed by atoms with E-state index in [9.17, 15) is 15.3 Å². The summed E-state index contributed by atoms with van der Waals surface area (Å²) in [6.45, 7) is -0.455. The predicted molar refractivity (Wildman–Crippen MR) is 115 cm³/mol. The second-order valence-electron chi connectivity index (χ2n) is 7.37. The maximum atomic E-state index is 10.3. The minimum Gasteiger partial charge on any atom is -0.502 e. The molecular formula is C23H30O9. The van der Waals surface area contributed by atoms with E-state index >= 15 is 0 Å². The van der Waals surface area contributed by atoms with Gasteiger partial charge in [0, 0.05) is 30.6 Å². The maximum absolute atomic E-state index is 10.3. The van der Waals surface area contributed by atoms with Crippen molar-refractivity contribution >= 4 is 0 Å². The molecule has 176 valence electrons. The van der Waals surface area contributed by atoms with Crippen molar-refractivity contribution in [1.29, 1.82) is 0 Å². The van der Waals surface area contributed by atoms with Crippen molar-refractivity contribution in [3.8, 4) is 34.5 Å². The molecule has 4 atom stereocenters. The van der Waals surface area contributed by atoms with Crippen molar-refractivity contribution in [2.24, 2.45) is 11.8 Å². The topological polar surface area (TPSA) is 116 Å². The molecule has 0 unspecified atom stereocenters. The van der Waals surface area contributed by atoms with Crippen LogP contribution in [0.3, 0.4) is 0 Å². The molecule has 32 heavy (non-hydrogen) atoms. The van der Waals surface area contributed by atoms with Crippen molar-refractivity contribution in [3.05, 3.63) is 35.4 Å². The van der Waals surface area contributed by atoms with Gasteiger partial charge in [0.25, 0.3) is 0 Å². The van der Waals surface area contributed by atoms with Gasteiger partial charge in [-0.2, -0.15) is 0 Å². The van der Waals surface area contributed by atoms with Crippen molar-refractivity contribution in [3.63, 3.8) is 0 Å². The molecule has 1 aliphatic rings. The molecule has 0 radical (unpaired) electrons. The van der Waals surface area contributed by atoms with Crippen LogP contribution in [-0.4, -0.2) is 64.1 Å². The van der Waals surface area contributed by atoms with Crippen molar-refractivity contribution in [2.75, 3.05) is 48.8 Å². The fourth-order valence-electron chi connectivity index (χ4n) is 4.33. The third kappa shape index (κ3) is 3.99. The van der Waals surface area contributed by atoms with Crippen LogP contribution in [0.1, 0.15) is 23.3 Å². The number of ether oxygens (including phenoxy) is 6. The molecule has 0 spiro atoms. The summed E-state index contributed by atoms with van der Waals surface area (Å²) in [6, 6.07) is 6.80. The third-order valence-electron chi connectivity index (χ3n) is 5.91. The van der Waals surface area contributed by atoms with Gasteiger partial charge in [-0.15, -0.1) is 0 Å². The second kappa shape index (κ2) is 10.2. The number of phenolic OH excluding ortho intramolecular Hbond substituents is 1. The number of rotatable bonds is 9. The zero-order valence-electron chi connectivity index (χ0n) is 18.8. The molecule has 3 N–H and O–H groups in total. The lowest BCUT2D eigenvalue weighted by Crippen LogP contribution is -2.23. The first-order valence-corrected chi connectivity index (χ1v) is 10.1. The van der Waals surface area contributed by atoms with Gasteiger partial charge in [-0.05, 0) is 29.8 Å². The SMILES string of the molecule is COc1cc([C@@H]2O[C@@H](c3ccc(OC)c(OC)c3OC)[C@H](CO)[C@H]2CO)cc(OC)c1O. The van der Waals surface area contributed by atoms with E-state index in [1.807, 2.05) is 0 Å². The summed E-state index contributed by atoms with van der Waals surface area (Å²) in [5, 5.41) is 30.7. The Hall–Kier alpha value is -2.88. The first-order chi connectivity index (χ1) is 15.5. The lowest BCUT2D eigenvalue weighted by Gasteiger charge is -2.23. The number of hydrogen-bond acceptors (Lipinski definition) is 9. The van der Waals surface area contributed by atoms with Gasteiger partial charge < -0.3 is 43.7 Å². The van der Waals surface area contributed by atoms with Crippen molar-refractivity contribution < 1.29 is 43.7 Å². The number of aliphatic hydroxyl groups excluding tert-OH is 2. The molecule has 1 aliphatic heterocycles. The van der Waals surface area contributed by atoms with Crippen LogP contribution < -0.4 is 23.7 Å². The number of aromatic hydroxyl groups is 1. The van der Waals surface area contributed by atoms with Crippen LogP contribution in [0.25, 0.3) is 0 Å². The van der Waals surface area contributed by atoms with E-state index in [-0.39, 0.29) is 30.5 Å². The molecule has 1 saturated heterocycles. The first kappa shape index (κ1) is 23.8. The first-order valence-electron chi connectivity index (χ1n) is 10.1. The normalized spacial score (nSPS) is 22.5. The molecule has 2 aromatic carbocycles. The summed E-state index contributed by atoms with van der Waals surface area (Å²) in [5.74, 6) is 0.742. The Bertz CT molecular complexity index is 905. The van der Waals surface area contributed by atoms with Crippen LogP contribution >= 0.6 is 0 Å². The van der Waals surface area contributed by atoms with Gasteiger partial charge in [0.1, 0.15) is 0 Å². The van der Waals surface area contributed by atoms with Crippen molar-refractivity contribution in [2.45, 2.75) is 12.2 Å². The van der Waals surface area contributed by atoms with Gasteiger partial charge in [0.05, 0.1) is 47.8 Å². The molecule has 0 bridgehead atoms. The van der Waals surface area contributed by atoms with Gasteiger partial charge in [0.15, 0.2) is 23.0 Å². The average Bonchev–Trinajstić information content (AvgIpc) is 3.21. The fraction of sp³-hybridized carbons (Fsp3) is 0.478. The standard InChI is InChI=1S/C23H30O9/c1-27-16-7-6-13(22(30-4)23(16)31-5)21-15(11-25)14(10-24)20(32-21)12-8-17(28-2)19(26)18(9-12)29-3/h6-9,14-15,20-21,24-26H,10-11H2,1-5H3/t14-,15-,20+,21+/m1/s1. The van der Waals surface area contributed by atoms with Crippen LogP contribution in [0.4, 0.5) is 0 Å². The molecule has 0 aromatic heterocycles. The molecular weight excluding hydrogens is 420 g/mol.